The van der Waals surface area contributed by atoms with E-state index in [1.54, 1.807) is 28.0 Å². The minimum Gasteiger partial charge on any atom is -0.347 e. The number of rotatable bonds is 6. The number of nitrogens with one attached hydrogen (secondary N) is 1. The summed E-state index contributed by atoms with van der Waals surface area (Å²) < 4.78 is 3.39. The Labute approximate surface area is 168 Å². The molecule has 1 N–H and O–H groups in total. The van der Waals surface area contributed by atoms with E-state index in [0.717, 1.165) is 18.4 Å². The van der Waals surface area contributed by atoms with Gasteiger partial charge in [0.25, 0.3) is 11.8 Å². The Kier molecular flexibility index (Phi) is 5.37. The average Bonchev–Trinajstić information content (AvgIpc) is 3.48. The first-order valence-electron chi connectivity index (χ1n) is 9.61. The highest BCUT2D eigenvalue weighted by atomic mass is 16.2. The van der Waals surface area contributed by atoms with Gasteiger partial charge in [0.15, 0.2) is 5.69 Å². The molecule has 2 aromatic heterocycles. The first kappa shape index (κ1) is 18.9. The maximum Gasteiger partial charge on any atom is 0.274 e. The largest absolute Gasteiger partial charge is 0.347 e. The standard InChI is InChI=1S/C20H23N7O2/c1-25-12-18(22-14-25)20(29)27-9-5-8-16(27)11-26-13-17(23-24-26)19(28)21-10-15-6-3-2-4-7-15/h2-4,6-7,12-14,16H,5,8-11H2,1H3,(H,21,28). The second kappa shape index (κ2) is 8.26. The third-order valence-corrected chi connectivity index (χ3v) is 5.03. The fourth-order valence-corrected chi connectivity index (χ4v) is 3.54. The number of imidazole rings is 1. The van der Waals surface area contributed by atoms with Crippen LogP contribution in [0.3, 0.4) is 0 Å². The Bertz CT molecular complexity index is 995. The van der Waals surface area contributed by atoms with Gasteiger partial charge in [0.2, 0.25) is 0 Å². The number of carbonyl (C=O) groups is 2. The van der Waals surface area contributed by atoms with Crippen molar-refractivity contribution in [3.8, 4) is 0 Å². The van der Waals surface area contributed by atoms with Gasteiger partial charge >= 0.3 is 0 Å². The van der Waals surface area contributed by atoms with E-state index in [1.165, 1.54) is 0 Å². The van der Waals surface area contributed by atoms with E-state index in [2.05, 4.69) is 20.6 Å². The van der Waals surface area contributed by atoms with Gasteiger partial charge in [-0.1, -0.05) is 35.5 Å². The van der Waals surface area contributed by atoms with Crippen molar-refractivity contribution in [1.29, 1.82) is 0 Å². The predicted octanol–water partition coefficient (Wildman–Crippen LogP) is 1.25. The quantitative estimate of drug-likeness (QED) is 0.680. The van der Waals surface area contributed by atoms with Gasteiger partial charge in [0.05, 0.1) is 25.1 Å². The molecule has 4 rings (SSSR count). The molecule has 1 unspecified atom stereocenters. The van der Waals surface area contributed by atoms with Crippen molar-refractivity contribution in [3.63, 3.8) is 0 Å². The molecule has 1 fully saturated rings. The molecule has 2 amide bonds. The van der Waals surface area contributed by atoms with E-state index in [1.807, 2.05) is 42.3 Å². The van der Waals surface area contributed by atoms with Crippen LogP contribution in [-0.2, 0) is 20.1 Å². The third kappa shape index (κ3) is 4.34. The summed E-state index contributed by atoms with van der Waals surface area (Å²) in [6, 6.07) is 9.69. The molecule has 9 nitrogen and oxygen atoms in total. The summed E-state index contributed by atoms with van der Waals surface area (Å²) in [6.07, 6.45) is 6.79. The van der Waals surface area contributed by atoms with Crippen molar-refractivity contribution in [2.75, 3.05) is 6.54 Å². The zero-order chi connectivity index (χ0) is 20.2. The molecular weight excluding hydrogens is 370 g/mol. The third-order valence-electron chi connectivity index (χ3n) is 5.03. The zero-order valence-electron chi connectivity index (χ0n) is 16.2. The molecule has 0 spiro atoms. The van der Waals surface area contributed by atoms with Crippen molar-refractivity contribution in [1.82, 2.24) is 34.8 Å². The number of benzene rings is 1. The average molecular weight is 393 g/mol. The van der Waals surface area contributed by atoms with Crippen LogP contribution in [0.5, 0.6) is 0 Å². The van der Waals surface area contributed by atoms with Crippen LogP contribution in [0.25, 0.3) is 0 Å². The molecular formula is C20H23N7O2. The molecule has 3 aromatic rings. The summed E-state index contributed by atoms with van der Waals surface area (Å²) in [5, 5.41) is 10.9. The predicted molar refractivity (Wildman–Crippen MR) is 105 cm³/mol. The zero-order valence-corrected chi connectivity index (χ0v) is 16.2. The van der Waals surface area contributed by atoms with Crippen LogP contribution in [0.15, 0.2) is 49.1 Å². The van der Waals surface area contributed by atoms with Crippen LogP contribution in [0.1, 0.15) is 39.4 Å². The highest BCUT2D eigenvalue weighted by molar-refractivity contribution is 5.92. The molecule has 0 radical (unpaired) electrons. The van der Waals surface area contributed by atoms with E-state index >= 15 is 0 Å². The van der Waals surface area contributed by atoms with Crippen LogP contribution >= 0.6 is 0 Å². The maximum atomic E-state index is 12.7. The summed E-state index contributed by atoms with van der Waals surface area (Å²) in [7, 11) is 1.84. The minimum absolute atomic E-state index is 0.00596. The molecule has 0 aliphatic carbocycles. The second-order valence-corrected chi connectivity index (χ2v) is 7.21. The Morgan fingerprint density at radius 3 is 2.76 bits per heavy atom. The van der Waals surface area contributed by atoms with Gasteiger partial charge in [-0.15, -0.1) is 5.10 Å². The van der Waals surface area contributed by atoms with Gasteiger partial charge in [-0.2, -0.15) is 0 Å². The van der Waals surface area contributed by atoms with Crippen molar-refractivity contribution in [2.24, 2.45) is 7.05 Å². The van der Waals surface area contributed by atoms with Crippen LogP contribution in [0.4, 0.5) is 0 Å². The number of aromatic nitrogens is 5. The second-order valence-electron chi connectivity index (χ2n) is 7.21. The molecule has 0 saturated carbocycles. The Hall–Kier alpha value is -3.49. The van der Waals surface area contributed by atoms with E-state index in [-0.39, 0.29) is 23.6 Å². The lowest BCUT2D eigenvalue weighted by atomic mass is 10.2. The number of hydrogen-bond donors (Lipinski definition) is 1. The Balaban J connectivity index is 1.36. The molecule has 3 heterocycles. The van der Waals surface area contributed by atoms with E-state index in [0.29, 0.717) is 25.3 Å². The van der Waals surface area contributed by atoms with E-state index in [4.69, 9.17) is 0 Å². The number of hydrogen-bond acceptors (Lipinski definition) is 5. The van der Waals surface area contributed by atoms with Gasteiger partial charge < -0.3 is 14.8 Å². The monoisotopic (exact) mass is 393 g/mol. The smallest absolute Gasteiger partial charge is 0.274 e. The summed E-state index contributed by atoms with van der Waals surface area (Å²) in [5.74, 6) is -0.345. The summed E-state index contributed by atoms with van der Waals surface area (Å²) in [4.78, 5) is 31.1. The first-order chi connectivity index (χ1) is 14.1. The van der Waals surface area contributed by atoms with E-state index < -0.39 is 0 Å². The molecule has 150 valence electrons. The van der Waals surface area contributed by atoms with Gasteiger partial charge in [-0.3, -0.25) is 9.59 Å². The van der Waals surface area contributed by atoms with Crippen molar-refractivity contribution in [2.45, 2.75) is 32.0 Å². The van der Waals surface area contributed by atoms with Gasteiger partial charge in [0, 0.05) is 26.3 Å². The minimum atomic E-state index is -0.270. The SMILES string of the molecule is Cn1cnc(C(=O)N2CCCC2Cn2cc(C(=O)NCc3ccccc3)nn2)c1. The van der Waals surface area contributed by atoms with Crippen molar-refractivity contribution < 1.29 is 9.59 Å². The molecule has 1 saturated heterocycles. The highest BCUT2D eigenvalue weighted by Gasteiger charge is 2.31. The lowest BCUT2D eigenvalue weighted by Crippen LogP contribution is -2.38. The molecule has 1 aliphatic heterocycles. The number of aryl methyl sites for hydroxylation is 1. The van der Waals surface area contributed by atoms with Gasteiger partial charge in [-0.05, 0) is 18.4 Å². The topological polar surface area (TPSA) is 97.9 Å². The van der Waals surface area contributed by atoms with Crippen molar-refractivity contribution >= 4 is 11.8 Å². The lowest BCUT2D eigenvalue weighted by molar-refractivity contribution is 0.0715. The van der Waals surface area contributed by atoms with Crippen LogP contribution in [-0.4, -0.2) is 53.8 Å². The van der Waals surface area contributed by atoms with Gasteiger partial charge in [-0.25, -0.2) is 9.67 Å². The van der Waals surface area contributed by atoms with Crippen LogP contribution in [0.2, 0.25) is 0 Å². The molecule has 1 aliphatic rings. The molecule has 9 heteroatoms. The van der Waals surface area contributed by atoms with Crippen molar-refractivity contribution in [3.05, 3.63) is 66.0 Å². The summed E-state index contributed by atoms with van der Waals surface area (Å²) in [6.45, 7) is 1.62. The first-order valence-corrected chi connectivity index (χ1v) is 9.61. The number of likely N-dealkylation sites (tertiary alicyclic amines) is 1. The normalized spacial score (nSPS) is 16.2. The fourth-order valence-electron chi connectivity index (χ4n) is 3.54. The highest BCUT2D eigenvalue weighted by Crippen LogP contribution is 2.21. The Morgan fingerprint density at radius 1 is 1.17 bits per heavy atom. The van der Waals surface area contributed by atoms with Gasteiger partial charge in [0.1, 0.15) is 5.69 Å². The number of carbonyl (C=O) groups excluding carboxylic acids is 2. The molecule has 29 heavy (non-hydrogen) atoms. The maximum absolute atomic E-state index is 12.7. The Morgan fingerprint density at radius 2 is 2.00 bits per heavy atom. The summed E-state index contributed by atoms with van der Waals surface area (Å²) in [5.41, 5.74) is 1.73. The van der Waals surface area contributed by atoms with E-state index in [9.17, 15) is 9.59 Å². The number of amides is 2. The lowest BCUT2D eigenvalue weighted by Gasteiger charge is -2.23. The fraction of sp³-hybridized carbons (Fsp3) is 0.350. The van der Waals surface area contributed by atoms with Crippen LogP contribution in [0, 0.1) is 0 Å². The number of nitrogens with zero attached hydrogens (tertiary/aromatic N) is 6. The van der Waals surface area contributed by atoms with Crippen LogP contribution < -0.4 is 5.32 Å². The molecule has 1 aromatic carbocycles. The summed E-state index contributed by atoms with van der Waals surface area (Å²) >= 11 is 0. The molecule has 0 bridgehead atoms. The molecule has 1 atom stereocenters.